The second kappa shape index (κ2) is 8.60. The number of non-ortho nitro benzene ring substituents is 1. The molecular weight excluding hydrogens is 448 g/mol. The summed E-state index contributed by atoms with van der Waals surface area (Å²) in [4.78, 5) is 46.5. The minimum Gasteiger partial charge on any atom is -0.451 e. The van der Waals surface area contributed by atoms with Crippen LogP contribution in [0.25, 0.3) is 11.1 Å². The highest BCUT2D eigenvalue weighted by atomic mass is 32.2. The summed E-state index contributed by atoms with van der Waals surface area (Å²) in [5.74, 6) is -2.65. The maximum atomic E-state index is 12.3. The predicted molar refractivity (Wildman–Crippen MR) is 109 cm³/mol. The number of carbonyl (C=O) groups is 2. The number of primary sulfonamides is 1. The highest BCUT2D eigenvalue weighted by molar-refractivity contribution is 7.89. The van der Waals surface area contributed by atoms with Crippen molar-refractivity contribution in [1.29, 1.82) is 0 Å². The molecular formula is C18H16N4O9S. The van der Waals surface area contributed by atoms with Crippen LogP contribution in [-0.2, 0) is 30.9 Å². The van der Waals surface area contributed by atoms with Crippen molar-refractivity contribution in [2.75, 3.05) is 5.32 Å². The molecule has 0 saturated carbocycles. The van der Waals surface area contributed by atoms with E-state index in [1.54, 1.807) is 0 Å². The zero-order valence-electron chi connectivity index (χ0n) is 16.4. The average molecular weight is 464 g/mol. The van der Waals surface area contributed by atoms with Gasteiger partial charge in [-0.2, -0.15) is 0 Å². The molecule has 3 N–H and O–H groups in total. The number of carbonyl (C=O) groups excluding carboxylic acids is 2. The molecule has 0 spiro atoms. The molecule has 1 aromatic heterocycles. The number of esters is 1. The van der Waals surface area contributed by atoms with Crippen molar-refractivity contribution < 1.29 is 32.1 Å². The van der Waals surface area contributed by atoms with Crippen molar-refractivity contribution in [3.05, 3.63) is 63.1 Å². The van der Waals surface area contributed by atoms with Crippen LogP contribution in [0.2, 0.25) is 0 Å². The fourth-order valence-corrected chi connectivity index (χ4v) is 3.29. The topological polar surface area (TPSA) is 194 Å². The van der Waals surface area contributed by atoms with Crippen molar-refractivity contribution >= 4 is 44.4 Å². The predicted octanol–water partition coefficient (Wildman–Crippen LogP) is 0.721. The number of benzene rings is 2. The number of sulfonamides is 1. The molecule has 0 radical (unpaired) electrons. The van der Waals surface area contributed by atoms with Crippen molar-refractivity contribution in [1.82, 2.24) is 4.57 Å². The fourth-order valence-electron chi connectivity index (χ4n) is 2.73. The number of fused-ring (bicyclic) bond motifs is 1. The second-order valence-electron chi connectivity index (χ2n) is 6.56. The van der Waals surface area contributed by atoms with Crippen LogP contribution >= 0.6 is 0 Å². The molecule has 14 heteroatoms. The summed E-state index contributed by atoms with van der Waals surface area (Å²) in [6.07, 6.45) is -1.30. The van der Waals surface area contributed by atoms with Crippen LogP contribution in [0.1, 0.15) is 6.92 Å². The van der Waals surface area contributed by atoms with E-state index in [0.29, 0.717) is 0 Å². The largest absolute Gasteiger partial charge is 0.451 e. The lowest BCUT2D eigenvalue weighted by Gasteiger charge is -2.14. The molecule has 0 saturated heterocycles. The van der Waals surface area contributed by atoms with E-state index < -0.39 is 45.2 Å². The van der Waals surface area contributed by atoms with E-state index in [9.17, 15) is 32.9 Å². The van der Waals surface area contributed by atoms with Crippen LogP contribution in [0.15, 0.2) is 56.6 Å². The van der Waals surface area contributed by atoms with Crippen LogP contribution in [0, 0.1) is 10.1 Å². The maximum absolute atomic E-state index is 12.3. The number of oxazole rings is 1. The minimum absolute atomic E-state index is 0.0856. The number of nitro groups is 1. The first kappa shape index (κ1) is 22.6. The van der Waals surface area contributed by atoms with E-state index >= 15 is 0 Å². The molecule has 0 bridgehead atoms. The molecule has 1 atom stereocenters. The number of nitrogens with one attached hydrogen (secondary N) is 1. The van der Waals surface area contributed by atoms with Crippen LogP contribution in [0.4, 0.5) is 11.4 Å². The van der Waals surface area contributed by atoms with Gasteiger partial charge in [-0.25, -0.2) is 18.4 Å². The lowest BCUT2D eigenvalue weighted by molar-refractivity contribution is -0.384. The Morgan fingerprint density at radius 3 is 2.66 bits per heavy atom. The first-order valence-electron chi connectivity index (χ1n) is 8.86. The first-order chi connectivity index (χ1) is 15.0. The van der Waals surface area contributed by atoms with Gasteiger partial charge in [0.1, 0.15) is 6.54 Å². The zero-order valence-corrected chi connectivity index (χ0v) is 17.2. The third kappa shape index (κ3) is 4.98. The fraction of sp³-hybridized carbons (Fsp3) is 0.167. The monoisotopic (exact) mass is 464 g/mol. The summed E-state index contributed by atoms with van der Waals surface area (Å²) < 4.78 is 33.6. The zero-order chi connectivity index (χ0) is 23.6. The summed E-state index contributed by atoms with van der Waals surface area (Å²) in [7, 11) is -3.97. The molecule has 32 heavy (non-hydrogen) atoms. The Hall–Kier alpha value is -4.04. The van der Waals surface area contributed by atoms with Gasteiger partial charge in [0.15, 0.2) is 11.7 Å². The molecule has 1 amide bonds. The molecule has 3 rings (SSSR count). The van der Waals surface area contributed by atoms with Gasteiger partial charge in [-0.05, 0) is 31.2 Å². The number of nitro benzene ring substituents is 1. The molecule has 13 nitrogen and oxygen atoms in total. The number of amides is 1. The molecule has 3 aromatic rings. The third-order valence-corrected chi connectivity index (χ3v) is 5.17. The van der Waals surface area contributed by atoms with Gasteiger partial charge in [0.25, 0.3) is 11.6 Å². The molecule has 168 valence electrons. The summed E-state index contributed by atoms with van der Waals surface area (Å²) in [6.45, 7) is 0.665. The highest BCUT2D eigenvalue weighted by Gasteiger charge is 2.21. The summed E-state index contributed by atoms with van der Waals surface area (Å²) in [5.41, 5.74) is -0.132. The smallest absolute Gasteiger partial charge is 0.420 e. The van der Waals surface area contributed by atoms with Gasteiger partial charge in [0.05, 0.1) is 21.4 Å². The van der Waals surface area contributed by atoms with Gasteiger partial charge in [-0.1, -0.05) is 6.07 Å². The lowest BCUT2D eigenvalue weighted by Crippen LogP contribution is -2.32. The van der Waals surface area contributed by atoms with Gasteiger partial charge in [0.2, 0.25) is 10.0 Å². The summed E-state index contributed by atoms with van der Waals surface area (Å²) in [6, 6.07) is 8.61. The van der Waals surface area contributed by atoms with Gasteiger partial charge >= 0.3 is 11.7 Å². The van der Waals surface area contributed by atoms with E-state index in [2.05, 4.69) is 5.32 Å². The minimum atomic E-state index is -3.97. The van der Waals surface area contributed by atoms with Crippen molar-refractivity contribution in [3.8, 4) is 0 Å². The maximum Gasteiger partial charge on any atom is 0.420 e. The Morgan fingerprint density at radius 1 is 1.28 bits per heavy atom. The normalized spacial score (nSPS) is 12.3. The number of ether oxygens (including phenoxy) is 1. The lowest BCUT2D eigenvalue weighted by atomic mass is 10.3. The van der Waals surface area contributed by atoms with Crippen LogP contribution in [0.5, 0.6) is 0 Å². The highest BCUT2D eigenvalue weighted by Crippen LogP contribution is 2.20. The number of anilines is 1. The number of aromatic nitrogens is 1. The van der Waals surface area contributed by atoms with Gasteiger partial charge < -0.3 is 14.5 Å². The Bertz CT molecular complexity index is 1390. The summed E-state index contributed by atoms with van der Waals surface area (Å²) in [5, 5.41) is 18.3. The van der Waals surface area contributed by atoms with Gasteiger partial charge in [-0.3, -0.25) is 24.3 Å². The van der Waals surface area contributed by atoms with E-state index in [1.807, 2.05) is 0 Å². The SMILES string of the molecule is CC(OC(=O)Cn1c(=O)oc2cc([N+](=O)[O-])ccc21)C(=O)Nc1cccc(S(N)(=O)=O)c1. The first-order valence-corrected chi connectivity index (χ1v) is 10.4. The Kier molecular flexibility index (Phi) is 6.09. The van der Waals surface area contributed by atoms with E-state index in [-0.39, 0.29) is 27.4 Å². The van der Waals surface area contributed by atoms with E-state index in [4.69, 9.17) is 14.3 Å². The number of hydrogen-bond acceptors (Lipinski definition) is 9. The van der Waals surface area contributed by atoms with Gasteiger partial charge in [-0.15, -0.1) is 0 Å². The second-order valence-corrected chi connectivity index (χ2v) is 8.12. The molecule has 0 aliphatic rings. The van der Waals surface area contributed by atoms with Crippen LogP contribution in [0.3, 0.4) is 0 Å². The molecule has 0 fully saturated rings. The number of nitrogens with zero attached hydrogens (tertiary/aromatic N) is 2. The molecule has 1 heterocycles. The number of hydrogen-bond donors (Lipinski definition) is 2. The van der Waals surface area contributed by atoms with Crippen LogP contribution < -0.4 is 16.2 Å². The van der Waals surface area contributed by atoms with Crippen molar-refractivity contribution in [3.63, 3.8) is 0 Å². The molecule has 0 aliphatic carbocycles. The molecule has 1 unspecified atom stereocenters. The molecule has 0 aliphatic heterocycles. The number of nitrogens with two attached hydrogens (primary N) is 1. The van der Waals surface area contributed by atoms with E-state index in [1.165, 1.54) is 31.2 Å². The van der Waals surface area contributed by atoms with E-state index in [0.717, 1.165) is 22.8 Å². The standard InChI is InChI=1S/C18H16N4O9S/c1-10(17(24)20-11-3-2-4-13(7-11)32(19,28)29)30-16(23)9-21-14-6-5-12(22(26)27)8-15(14)31-18(21)25/h2-8,10H,9H2,1H3,(H,20,24)(H2,19,28,29). The van der Waals surface area contributed by atoms with Crippen molar-refractivity contribution in [2.45, 2.75) is 24.5 Å². The quantitative estimate of drug-likeness (QED) is 0.288. The Balaban J connectivity index is 1.68. The van der Waals surface area contributed by atoms with Crippen molar-refractivity contribution in [2.24, 2.45) is 5.14 Å². The average Bonchev–Trinajstić information content (AvgIpc) is 3.01. The van der Waals surface area contributed by atoms with Crippen LogP contribution in [-0.4, -0.2) is 35.9 Å². The third-order valence-electron chi connectivity index (χ3n) is 4.26. The molecule has 2 aromatic carbocycles. The Labute approximate surface area is 179 Å². The number of rotatable bonds is 7. The Morgan fingerprint density at radius 2 is 2.00 bits per heavy atom. The van der Waals surface area contributed by atoms with Gasteiger partial charge in [0, 0.05) is 11.8 Å². The summed E-state index contributed by atoms with van der Waals surface area (Å²) >= 11 is 0.